The molecule has 4 heteroatoms. The summed E-state index contributed by atoms with van der Waals surface area (Å²) >= 11 is 0. The lowest BCUT2D eigenvalue weighted by Gasteiger charge is -2.60. The van der Waals surface area contributed by atoms with Gasteiger partial charge < -0.3 is 4.74 Å². The third-order valence-corrected chi connectivity index (χ3v) is 11.0. The van der Waals surface area contributed by atoms with Crippen molar-refractivity contribution in [1.29, 1.82) is 0 Å². The first-order valence-electron chi connectivity index (χ1n) is 20.1. The Labute approximate surface area is 318 Å². The molecule has 2 aliphatic carbocycles. The van der Waals surface area contributed by atoms with Gasteiger partial charge in [-0.3, -0.25) is 14.4 Å². The largest absolute Gasteiger partial charge is 0.490 e. The second-order valence-corrected chi connectivity index (χ2v) is 16.2. The fraction of sp³-hybridized carbons (Fsp3) is 0.604. The molecule has 4 nitrogen and oxygen atoms in total. The molecule has 4 rings (SSSR count). The Morgan fingerprint density at radius 2 is 1.46 bits per heavy atom. The number of carbonyl (C=O) groups excluding carboxylic acids is 3. The predicted molar refractivity (Wildman–Crippen MR) is 219 cm³/mol. The van der Waals surface area contributed by atoms with E-state index in [1.807, 2.05) is 72.7 Å². The molecule has 1 aliphatic heterocycles. The van der Waals surface area contributed by atoms with Gasteiger partial charge in [-0.15, -0.1) is 0 Å². The third-order valence-electron chi connectivity index (χ3n) is 11.0. The van der Waals surface area contributed by atoms with E-state index in [2.05, 4.69) is 79.4 Å². The van der Waals surface area contributed by atoms with Gasteiger partial charge in [0.2, 0.25) is 0 Å². The number of aryl methyl sites for hydroxylation is 1. The molecule has 1 saturated carbocycles. The SMILES string of the molecule is CC.CCC.CCC#Cc1cc(C(=O)C2=C3OC(C)(C)[C@@H](CC=C(C)C)C[C@@]34C[C@@H](CC=C(C)C)C(C)C(CC=C(C)C)(C2=O)C4=O)ccc1CC. The number of hydrogen-bond acceptors (Lipinski definition) is 4. The van der Waals surface area contributed by atoms with Crippen LogP contribution in [0.25, 0.3) is 0 Å². The van der Waals surface area contributed by atoms with Gasteiger partial charge in [-0.05, 0) is 117 Å². The van der Waals surface area contributed by atoms with E-state index >= 15 is 9.59 Å². The number of rotatable bonds is 9. The summed E-state index contributed by atoms with van der Waals surface area (Å²) < 4.78 is 6.94. The quantitative estimate of drug-likeness (QED) is 0.0841. The zero-order chi connectivity index (χ0) is 39.6. The average molecular weight is 711 g/mol. The third kappa shape index (κ3) is 9.18. The highest BCUT2D eigenvalue weighted by Gasteiger charge is 2.71. The Hall–Kier alpha value is -3.45. The summed E-state index contributed by atoms with van der Waals surface area (Å²) in [5, 5.41) is 0. The highest BCUT2D eigenvalue weighted by Crippen LogP contribution is 2.65. The minimum atomic E-state index is -1.34. The minimum Gasteiger partial charge on any atom is -0.490 e. The van der Waals surface area contributed by atoms with Crippen LogP contribution in [0.15, 0.2) is 64.5 Å². The summed E-state index contributed by atoms with van der Waals surface area (Å²) in [6, 6.07) is 5.59. The molecule has 2 unspecified atom stereocenters. The zero-order valence-corrected chi connectivity index (χ0v) is 35.5. The first-order chi connectivity index (χ1) is 24.5. The van der Waals surface area contributed by atoms with Crippen molar-refractivity contribution in [3.05, 3.63) is 81.2 Å². The maximum atomic E-state index is 15.3. The van der Waals surface area contributed by atoms with Crippen LogP contribution >= 0.6 is 0 Å². The summed E-state index contributed by atoms with van der Waals surface area (Å²) in [5.41, 5.74) is 2.77. The monoisotopic (exact) mass is 711 g/mol. The van der Waals surface area contributed by atoms with E-state index in [9.17, 15) is 4.79 Å². The van der Waals surface area contributed by atoms with Gasteiger partial charge in [-0.1, -0.05) is 114 Å². The van der Waals surface area contributed by atoms with E-state index in [1.165, 1.54) is 17.6 Å². The Morgan fingerprint density at radius 1 is 0.885 bits per heavy atom. The minimum absolute atomic E-state index is 0.0353. The predicted octanol–water partition coefficient (Wildman–Crippen LogP) is 12.6. The molecular weight excluding hydrogens is 641 g/mol. The van der Waals surface area contributed by atoms with Gasteiger partial charge in [0.15, 0.2) is 17.3 Å². The molecule has 1 saturated heterocycles. The second kappa shape index (κ2) is 19.0. The first-order valence-corrected chi connectivity index (χ1v) is 20.1. The summed E-state index contributed by atoms with van der Waals surface area (Å²) in [6.07, 6.45) is 12.2. The number of benzene rings is 1. The van der Waals surface area contributed by atoms with Gasteiger partial charge in [-0.25, -0.2) is 0 Å². The lowest BCUT2D eigenvalue weighted by molar-refractivity contribution is -0.178. The van der Waals surface area contributed by atoms with Crippen LogP contribution in [0.4, 0.5) is 0 Å². The van der Waals surface area contributed by atoms with Crippen molar-refractivity contribution >= 4 is 17.3 Å². The van der Waals surface area contributed by atoms with Crippen molar-refractivity contribution in [1.82, 2.24) is 0 Å². The van der Waals surface area contributed by atoms with Crippen LogP contribution in [0, 0.1) is 40.4 Å². The van der Waals surface area contributed by atoms with E-state index < -0.39 is 16.4 Å². The van der Waals surface area contributed by atoms with Gasteiger partial charge in [0, 0.05) is 23.5 Å². The molecular formula is C48H70O4. The molecule has 0 radical (unpaired) electrons. The number of allylic oxidation sites excluding steroid dienone is 8. The normalized spacial score (nSPS) is 25.3. The molecule has 2 fully saturated rings. The molecule has 1 aromatic rings. The molecule has 3 aliphatic rings. The van der Waals surface area contributed by atoms with Crippen LogP contribution in [-0.4, -0.2) is 23.0 Å². The summed E-state index contributed by atoms with van der Waals surface area (Å²) in [4.78, 5) is 45.5. The summed E-state index contributed by atoms with van der Waals surface area (Å²) in [5.74, 6) is 5.79. The summed E-state index contributed by atoms with van der Waals surface area (Å²) in [6.45, 7) is 30.8. The molecule has 0 amide bonds. The van der Waals surface area contributed by atoms with E-state index in [4.69, 9.17) is 4.74 Å². The lowest BCUT2D eigenvalue weighted by atomic mass is 9.43. The van der Waals surface area contributed by atoms with Crippen molar-refractivity contribution in [3.63, 3.8) is 0 Å². The van der Waals surface area contributed by atoms with Crippen molar-refractivity contribution in [2.45, 2.75) is 161 Å². The fourth-order valence-corrected chi connectivity index (χ4v) is 8.09. The number of fused-ring (bicyclic) bond motifs is 1. The standard InChI is InChI=1S/C43H56O4.C3H8.C2H6/c1-12-14-15-32-24-33(20-19-31(32)13-2)37(44)36-38(45)43(23-22-29(7)8)30(9)34(18-16-27(3)4)25-42(40(43)46)26-35(21-17-28(5)6)41(10,11)47-39(36)42;1-3-2;1-2/h16-17,19-20,22,24,30,34-35H,12-13,18,21,23,25-26H2,1-11H3;3H2,1-2H3;1-2H3/t30?,34-,35+,42+,43?;;/m1../s1. The molecule has 52 heavy (non-hydrogen) atoms. The van der Waals surface area contributed by atoms with Crippen LogP contribution in [-0.2, 0) is 20.7 Å². The Balaban J connectivity index is 0.00000178. The molecule has 1 aromatic carbocycles. The van der Waals surface area contributed by atoms with Crippen LogP contribution < -0.4 is 0 Å². The van der Waals surface area contributed by atoms with Crippen molar-refractivity contribution in [3.8, 4) is 11.8 Å². The Morgan fingerprint density at radius 3 is 2.00 bits per heavy atom. The smallest absolute Gasteiger partial charge is 0.200 e. The van der Waals surface area contributed by atoms with Crippen LogP contribution in [0.2, 0.25) is 0 Å². The second-order valence-electron chi connectivity index (χ2n) is 16.2. The molecule has 5 atom stereocenters. The van der Waals surface area contributed by atoms with Crippen LogP contribution in [0.5, 0.6) is 0 Å². The van der Waals surface area contributed by atoms with Gasteiger partial charge in [0.05, 0.1) is 10.8 Å². The topological polar surface area (TPSA) is 60.4 Å². The van der Waals surface area contributed by atoms with Crippen molar-refractivity contribution in [2.24, 2.45) is 28.6 Å². The number of carbonyl (C=O) groups is 3. The Kier molecular flexibility index (Phi) is 16.4. The highest BCUT2D eigenvalue weighted by molar-refractivity contribution is 6.35. The van der Waals surface area contributed by atoms with Crippen LogP contribution in [0.3, 0.4) is 0 Å². The Bertz CT molecular complexity index is 1640. The molecule has 2 bridgehead atoms. The average Bonchev–Trinajstić information content (AvgIpc) is 3.09. The van der Waals surface area contributed by atoms with E-state index in [1.54, 1.807) is 0 Å². The molecule has 0 aromatic heterocycles. The van der Waals surface area contributed by atoms with E-state index in [-0.39, 0.29) is 47.1 Å². The zero-order valence-electron chi connectivity index (χ0n) is 35.5. The molecule has 1 spiro atoms. The first kappa shape index (κ1) is 44.7. The molecule has 1 heterocycles. The van der Waals surface area contributed by atoms with Crippen LogP contribution in [0.1, 0.15) is 170 Å². The number of ether oxygens (including phenoxy) is 1. The molecule has 286 valence electrons. The van der Waals surface area contributed by atoms with Gasteiger partial charge in [0.1, 0.15) is 16.9 Å². The maximum Gasteiger partial charge on any atom is 0.200 e. The lowest BCUT2D eigenvalue weighted by Crippen LogP contribution is -2.66. The molecule has 0 N–H and O–H groups in total. The van der Waals surface area contributed by atoms with Gasteiger partial charge >= 0.3 is 0 Å². The van der Waals surface area contributed by atoms with Gasteiger partial charge in [-0.2, -0.15) is 0 Å². The van der Waals surface area contributed by atoms with Crippen molar-refractivity contribution < 1.29 is 19.1 Å². The number of ketones is 3. The number of hydrogen-bond donors (Lipinski definition) is 0. The summed E-state index contributed by atoms with van der Waals surface area (Å²) in [7, 11) is 0. The van der Waals surface area contributed by atoms with Gasteiger partial charge in [0.25, 0.3) is 0 Å². The fourth-order valence-electron chi connectivity index (χ4n) is 8.09. The van der Waals surface area contributed by atoms with E-state index in [0.29, 0.717) is 30.6 Å². The highest BCUT2D eigenvalue weighted by atomic mass is 16.5. The maximum absolute atomic E-state index is 15.3. The number of Topliss-reactive ketones (excluding diaryl/α,β-unsaturated/α-hetero) is 3. The van der Waals surface area contributed by atoms with Crippen molar-refractivity contribution in [2.75, 3.05) is 0 Å². The van der Waals surface area contributed by atoms with E-state index in [0.717, 1.165) is 36.0 Å².